The predicted octanol–water partition coefficient (Wildman–Crippen LogP) is 1.30. The number of carboxylic acids is 1. The Morgan fingerprint density at radius 3 is 2.84 bits per heavy atom. The number of amides is 1. The standard InChI is InChI=1S/C12H13N3O3S/c16-10(7-13-6-5-11(17)18)15-12-14-8-3-1-2-4-9(8)19-12/h1-4,13H,5-7H2,(H,17,18)(H,14,15,16). The topological polar surface area (TPSA) is 91.3 Å². The van der Waals surface area contributed by atoms with Gasteiger partial charge in [0.15, 0.2) is 5.13 Å². The predicted molar refractivity (Wildman–Crippen MR) is 73.4 cm³/mol. The number of benzene rings is 1. The lowest BCUT2D eigenvalue weighted by Gasteiger charge is -2.02. The first-order valence-corrected chi connectivity index (χ1v) is 6.55. The number of anilines is 1. The van der Waals surface area contributed by atoms with Crippen molar-refractivity contribution in [1.82, 2.24) is 10.3 Å². The fraction of sp³-hybridized carbons (Fsp3) is 0.250. The Balaban J connectivity index is 1.83. The largest absolute Gasteiger partial charge is 0.481 e. The van der Waals surface area contributed by atoms with E-state index in [1.54, 1.807) is 0 Å². The van der Waals surface area contributed by atoms with E-state index in [9.17, 15) is 9.59 Å². The van der Waals surface area contributed by atoms with E-state index in [4.69, 9.17) is 5.11 Å². The smallest absolute Gasteiger partial charge is 0.304 e. The van der Waals surface area contributed by atoms with Gasteiger partial charge in [0.1, 0.15) is 0 Å². The number of aliphatic carboxylic acids is 1. The van der Waals surface area contributed by atoms with Gasteiger partial charge in [-0.05, 0) is 12.1 Å². The summed E-state index contributed by atoms with van der Waals surface area (Å²) in [6, 6.07) is 7.63. The van der Waals surface area contributed by atoms with Gasteiger partial charge in [-0.2, -0.15) is 0 Å². The number of carbonyl (C=O) groups is 2. The molecule has 0 radical (unpaired) electrons. The maximum Gasteiger partial charge on any atom is 0.304 e. The molecule has 1 heterocycles. The van der Waals surface area contributed by atoms with E-state index in [1.807, 2.05) is 24.3 Å². The molecule has 0 aliphatic heterocycles. The number of carbonyl (C=O) groups excluding carboxylic acids is 1. The zero-order valence-electron chi connectivity index (χ0n) is 10.0. The maximum absolute atomic E-state index is 11.6. The van der Waals surface area contributed by atoms with E-state index in [2.05, 4.69) is 15.6 Å². The van der Waals surface area contributed by atoms with Crippen LogP contribution in [0.5, 0.6) is 0 Å². The summed E-state index contributed by atoms with van der Waals surface area (Å²) in [5.74, 6) is -1.12. The van der Waals surface area contributed by atoms with Gasteiger partial charge in [-0.25, -0.2) is 4.98 Å². The highest BCUT2D eigenvalue weighted by molar-refractivity contribution is 7.22. The lowest BCUT2D eigenvalue weighted by Crippen LogP contribution is -2.29. The Hall–Kier alpha value is -1.99. The number of fused-ring (bicyclic) bond motifs is 1. The van der Waals surface area contributed by atoms with Crippen LogP contribution in [0.2, 0.25) is 0 Å². The zero-order valence-corrected chi connectivity index (χ0v) is 10.9. The Bertz CT molecular complexity index is 564. The van der Waals surface area contributed by atoms with Gasteiger partial charge in [-0.3, -0.25) is 9.59 Å². The van der Waals surface area contributed by atoms with Gasteiger partial charge < -0.3 is 15.7 Å². The quantitative estimate of drug-likeness (QED) is 0.693. The van der Waals surface area contributed by atoms with E-state index in [0.717, 1.165) is 10.2 Å². The van der Waals surface area contributed by atoms with Crippen molar-refractivity contribution in [2.24, 2.45) is 0 Å². The molecule has 3 N–H and O–H groups in total. The summed E-state index contributed by atoms with van der Waals surface area (Å²) in [6.07, 6.45) is -0.00554. The van der Waals surface area contributed by atoms with Crippen molar-refractivity contribution in [2.75, 3.05) is 18.4 Å². The van der Waals surface area contributed by atoms with Crippen molar-refractivity contribution in [3.63, 3.8) is 0 Å². The molecule has 0 fully saturated rings. The van der Waals surface area contributed by atoms with Gasteiger partial charge >= 0.3 is 5.97 Å². The molecule has 0 spiro atoms. The van der Waals surface area contributed by atoms with Gasteiger partial charge in [0.05, 0.1) is 23.2 Å². The zero-order chi connectivity index (χ0) is 13.7. The summed E-state index contributed by atoms with van der Waals surface area (Å²) in [5.41, 5.74) is 0.849. The minimum atomic E-state index is -0.890. The number of rotatable bonds is 6. The fourth-order valence-electron chi connectivity index (χ4n) is 1.49. The lowest BCUT2D eigenvalue weighted by molar-refractivity contribution is -0.137. The molecule has 6 nitrogen and oxygen atoms in total. The van der Waals surface area contributed by atoms with Crippen molar-refractivity contribution in [2.45, 2.75) is 6.42 Å². The highest BCUT2D eigenvalue weighted by Gasteiger charge is 2.07. The molecule has 0 bridgehead atoms. The average molecular weight is 279 g/mol. The van der Waals surface area contributed by atoms with Gasteiger partial charge in [-0.15, -0.1) is 0 Å². The molecule has 100 valence electrons. The number of hydrogen-bond donors (Lipinski definition) is 3. The average Bonchev–Trinajstić information content (AvgIpc) is 2.76. The molecule has 0 atom stereocenters. The Kier molecular flexibility index (Phi) is 4.43. The Morgan fingerprint density at radius 1 is 1.32 bits per heavy atom. The van der Waals surface area contributed by atoms with E-state index in [-0.39, 0.29) is 25.4 Å². The van der Waals surface area contributed by atoms with E-state index >= 15 is 0 Å². The maximum atomic E-state index is 11.6. The fourth-order valence-corrected chi connectivity index (χ4v) is 2.37. The van der Waals surface area contributed by atoms with Crippen molar-refractivity contribution in [3.05, 3.63) is 24.3 Å². The first kappa shape index (κ1) is 13.4. The molecule has 2 aromatic rings. The molecule has 0 saturated carbocycles. The monoisotopic (exact) mass is 279 g/mol. The van der Waals surface area contributed by atoms with Crippen LogP contribution in [-0.4, -0.2) is 35.1 Å². The molecule has 7 heteroatoms. The molecule has 1 aromatic heterocycles. The van der Waals surface area contributed by atoms with E-state index < -0.39 is 5.97 Å². The van der Waals surface area contributed by atoms with Crippen LogP contribution in [0.15, 0.2) is 24.3 Å². The second-order valence-corrected chi connectivity index (χ2v) is 4.89. The molecule has 0 saturated heterocycles. The molecule has 19 heavy (non-hydrogen) atoms. The molecule has 0 aliphatic rings. The van der Waals surface area contributed by atoms with Gasteiger partial charge in [-0.1, -0.05) is 23.5 Å². The molecule has 0 aliphatic carbocycles. The molecule has 1 aromatic carbocycles. The minimum absolute atomic E-state index is 0.00554. The van der Waals surface area contributed by atoms with Crippen LogP contribution in [0.3, 0.4) is 0 Å². The van der Waals surface area contributed by atoms with Crippen LogP contribution in [-0.2, 0) is 9.59 Å². The summed E-state index contributed by atoms with van der Waals surface area (Å²) < 4.78 is 1.01. The normalized spacial score (nSPS) is 10.5. The van der Waals surface area contributed by atoms with Crippen molar-refractivity contribution >= 4 is 38.6 Å². The van der Waals surface area contributed by atoms with Crippen LogP contribution in [0.4, 0.5) is 5.13 Å². The summed E-state index contributed by atoms with van der Waals surface area (Å²) >= 11 is 1.40. The SMILES string of the molecule is O=C(O)CCNCC(=O)Nc1nc2ccccc2s1. The summed E-state index contributed by atoms with van der Waals surface area (Å²) in [6.45, 7) is 0.339. The molecule has 0 unspecified atom stereocenters. The van der Waals surface area contributed by atoms with Crippen LogP contribution < -0.4 is 10.6 Å². The third-order valence-electron chi connectivity index (χ3n) is 2.34. The number of aromatic nitrogens is 1. The number of thiazole rings is 1. The second-order valence-electron chi connectivity index (χ2n) is 3.86. The number of hydrogen-bond acceptors (Lipinski definition) is 5. The summed E-state index contributed by atoms with van der Waals surface area (Å²) in [5, 5.41) is 14.4. The van der Waals surface area contributed by atoms with Crippen LogP contribution in [0.25, 0.3) is 10.2 Å². The summed E-state index contributed by atoms with van der Waals surface area (Å²) in [7, 11) is 0. The van der Waals surface area contributed by atoms with Crippen molar-refractivity contribution < 1.29 is 14.7 Å². The molecule has 2 rings (SSSR count). The van der Waals surface area contributed by atoms with Gasteiger partial charge in [0, 0.05) is 6.54 Å². The highest BCUT2D eigenvalue weighted by Crippen LogP contribution is 2.24. The highest BCUT2D eigenvalue weighted by atomic mass is 32.1. The Labute approximate surface area is 113 Å². The summed E-state index contributed by atoms with van der Waals surface area (Å²) in [4.78, 5) is 26.1. The first-order valence-electron chi connectivity index (χ1n) is 5.73. The third-order valence-corrected chi connectivity index (χ3v) is 3.29. The molecule has 1 amide bonds. The second kappa shape index (κ2) is 6.26. The van der Waals surface area contributed by atoms with Crippen LogP contribution >= 0.6 is 11.3 Å². The molecular weight excluding hydrogens is 266 g/mol. The van der Waals surface area contributed by atoms with Gasteiger partial charge in [0.2, 0.25) is 5.91 Å². The molecular formula is C12H13N3O3S. The van der Waals surface area contributed by atoms with Crippen LogP contribution in [0.1, 0.15) is 6.42 Å². The van der Waals surface area contributed by atoms with E-state index in [0.29, 0.717) is 5.13 Å². The Morgan fingerprint density at radius 2 is 2.11 bits per heavy atom. The van der Waals surface area contributed by atoms with Crippen molar-refractivity contribution in [3.8, 4) is 0 Å². The lowest BCUT2D eigenvalue weighted by atomic mass is 10.3. The van der Waals surface area contributed by atoms with E-state index in [1.165, 1.54) is 11.3 Å². The van der Waals surface area contributed by atoms with Crippen LogP contribution in [0, 0.1) is 0 Å². The van der Waals surface area contributed by atoms with Crippen molar-refractivity contribution in [1.29, 1.82) is 0 Å². The minimum Gasteiger partial charge on any atom is -0.481 e. The number of nitrogens with one attached hydrogen (secondary N) is 2. The third kappa shape index (κ3) is 4.01. The number of nitrogens with zero attached hydrogens (tertiary/aromatic N) is 1. The number of carboxylic acid groups (broad SMARTS) is 1. The van der Waals surface area contributed by atoms with Gasteiger partial charge in [0.25, 0.3) is 0 Å². The number of para-hydroxylation sites is 1. The first-order chi connectivity index (χ1) is 9.15.